The Morgan fingerprint density at radius 1 is 0.946 bits per heavy atom. The van der Waals surface area contributed by atoms with Crippen LogP contribution in [0.15, 0.2) is 77.4 Å². The maximum Gasteiger partial charge on any atom is 0.254 e. The molecule has 0 aliphatic heterocycles. The number of amides is 2. The SMILES string of the molecule is CC(C)CN(CC(=O)N(Cc1cccn1Cc1ccccc1)C1CCCCC1)C(=O)c1ccc(Br)cc1. The molecule has 1 heterocycles. The van der Waals surface area contributed by atoms with Crippen molar-refractivity contribution in [1.29, 1.82) is 0 Å². The van der Waals surface area contributed by atoms with Gasteiger partial charge in [-0.15, -0.1) is 0 Å². The second-order valence-electron chi connectivity index (χ2n) is 10.5. The molecule has 0 spiro atoms. The number of nitrogens with zero attached hydrogens (tertiary/aromatic N) is 3. The van der Waals surface area contributed by atoms with Crippen molar-refractivity contribution in [3.05, 3.63) is 94.2 Å². The fraction of sp³-hybridized carbons (Fsp3) is 0.419. The monoisotopic (exact) mass is 563 g/mol. The summed E-state index contributed by atoms with van der Waals surface area (Å²) in [6.07, 6.45) is 7.66. The molecular formula is C31H38BrN3O2. The summed E-state index contributed by atoms with van der Waals surface area (Å²) in [6, 6.07) is 22.2. The molecule has 37 heavy (non-hydrogen) atoms. The number of carbonyl (C=O) groups excluding carboxylic acids is 2. The first-order valence-corrected chi connectivity index (χ1v) is 14.2. The topological polar surface area (TPSA) is 45.6 Å². The van der Waals surface area contributed by atoms with Gasteiger partial charge in [-0.2, -0.15) is 0 Å². The summed E-state index contributed by atoms with van der Waals surface area (Å²) in [5, 5.41) is 0. The number of hydrogen-bond donors (Lipinski definition) is 0. The Hall–Kier alpha value is -2.86. The highest BCUT2D eigenvalue weighted by molar-refractivity contribution is 9.10. The summed E-state index contributed by atoms with van der Waals surface area (Å²) in [4.78, 5) is 31.2. The van der Waals surface area contributed by atoms with Crippen molar-refractivity contribution in [2.75, 3.05) is 13.1 Å². The van der Waals surface area contributed by atoms with Gasteiger partial charge >= 0.3 is 0 Å². The molecule has 3 aromatic rings. The number of benzene rings is 2. The Labute approximate surface area is 229 Å². The van der Waals surface area contributed by atoms with Crippen molar-refractivity contribution in [2.24, 2.45) is 5.92 Å². The Bertz CT molecular complexity index is 1150. The lowest BCUT2D eigenvalue weighted by molar-refractivity contribution is -0.135. The minimum Gasteiger partial charge on any atom is -0.345 e. The molecule has 1 saturated carbocycles. The third kappa shape index (κ3) is 7.57. The van der Waals surface area contributed by atoms with E-state index >= 15 is 0 Å². The van der Waals surface area contributed by atoms with Gasteiger partial charge < -0.3 is 14.4 Å². The lowest BCUT2D eigenvalue weighted by Crippen LogP contribution is -2.48. The van der Waals surface area contributed by atoms with Crippen LogP contribution in [-0.2, 0) is 17.9 Å². The smallest absolute Gasteiger partial charge is 0.254 e. The van der Waals surface area contributed by atoms with Crippen LogP contribution in [0.5, 0.6) is 0 Å². The summed E-state index contributed by atoms with van der Waals surface area (Å²) in [5.41, 5.74) is 2.97. The summed E-state index contributed by atoms with van der Waals surface area (Å²) in [6.45, 7) is 6.15. The van der Waals surface area contributed by atoms with Gasteiger partial charge in [-0.05, 0) is 60.7 Å². The summed E-state index contributed by atoms with van der Waals surface area (Å²) < 4.78 is 3.16. The van der Waals surface area contributed by atoms with E-state index < -0.39 is 0 Å². The zero-order valence-electron chi connectivity index (χ0n) is 22.0. The highest BCUT2D eigenvalue weighted by Gasteiger charge is 2.29. The molecule has 0 unspecified atom stereocenters. The van der Waals surface area contributed by atoms with Gasteiger partial charge in [0.1, 0.15) is 6.54 Å². The van der Waals surface area contributed by atoms with Gasteiger partial charge in [0.2, 0.25) is 5.91 Å². The van der Waals surface area contributed by atoms with Crippen LogP contribution < -0.4 is 0 Å². The third-order valence-corrected chi connectivity index (χ3v) is 7.61. The van der Waals surface area contributed by atoms with Crippen molar-refractivity contribution in [2.45, 2.75) is 65.1 Å². The van der Waals surface area contributed by atoms with Gasteiger partial charge in [-0.3, -0.25) is 9.59 Å². The van der Waals surface area contributed by atoms with Crippen LogP contribution in [0, 0.1) is 5.92 Å². The molecule has 2 aromatic carbocycles. The molecule has 1 aromatic heterocycles. The molecule has 0 bridgehead atoms. The number of aromatic nitrogens is 1. The molecule has 6 heteroatoms. The highest BCUT2D eigenvalue weighted by atomic mass is 79.9. The van der Waals surface area contributed by atoms with Crippen molar-refractivity contribution in [3.8, 4) is 0 Å². The maximum atomic E-state index is 13.9. The van der Waals surface area contributed by atoms with E-state index in [2.05, 4.69) is 81.8 Å². The number of hydrogen-bond acceptors (Lipinski definition) is 2. The lowest BCUT2D eigenvalue weighted by atomic mass is 9.94. The maximum absolute atomic E-state index is 13.9. The predicted octanol–water partition coefficient (Wildman–Crippen LogP) is 6.76. The highest BCUT2D eigenvalue weighted by Crippen LogP contribution is 2.25. The largest absolute Gasteiger partial charge is 0.345 e. The number of halogens is 1. The van der Waals surface area contributed by atoms with Crippen LogP contribution in [0.25, 0.3) is 0 Å². The van der Waals surface area contributed by atoms with Crippen molar-refractivity contribution in [1.82, 2.24) is 14.4 Å². The van der Waals surface area contributed by atoms with Crippen LogP contribution in [0.3, 0.4) is 0 Å². The molecule has 0 saturated heterocycles. The Balaban J connectivity index is 1.55. The molecule has 1 aliphatic carbocycles. The first kappa shape index (κ1) is 27.2. The zero-order valence-corrected chi connectivity index (χ0v) is 23.6. The van der Waals surface area contributed by atoms with Gasteiger partial charge in [-0.1, -0.05) is 79.4 Å². The number of rotatable bonds is 10. The van der Waals surface area contributed by atoms with Gasteiger partial charge in [0.25, 0.3) is 5.91 Å². The third-order valence-electron chi connectivity index (χ3n) is 7.08. The van der Waals surface area contributed by atoms with Gasteiger partial charge in [0.15, 0.2) is 0 Å². The molecular weight excluding hydrogens is 526 g/mol. The van der Waals surface area contributed by atoms with Gasteiger partial charge in [0, 0.05) is 41.1 Å². The van der Waals surface area contributed by atoms with E-state index in [1.165, 1.54) is 12.0 Å². The first-order chi connectivity index (χ1) is 17.9. The molecule has 0 atom stereocenters. The minimum absolute atomic E-state index is 0.0328. The molecule has 0 N–H and O–H groups in total. The first-order valence-electron chi connectivity index (χ1n) is 13.4. The normalized spacial score (nSPS) is 14.1. The standard InChI is InChI=1S/C31H38BrN3O2/c1-24(2)20-34(31(37)26-15-17-27(32)18-16-26)23-30(36)35(28-12-7-4-8-13-28)22-29-14-9-19-33(29)21-25-10-5-3-6-11-25/h3,5-6,9-11,14-19,24,28H,4,7-8,12-13,20-23H2,1-2H3. The Morgan fingerprint density at radius 2 is 1.65 bits per heavy atom. The summed E-state index contributed by atoms with van der Waals surface area (Å²) >= 11 is 3.44. The molecule has 196 valence electrons. The van der Waals surface area contributed by atoms with E-state index in [9.17, 15) is 9.59 Å². The summed E-state index contributed by atoms with van der Waals surface area (Å²) in [5.74, 6) is 0.203. The molecule has 5 nitrogen and oxygen atoms in total. The molecule has 0 radical (unpaired) electrons. The Morgan fingerprint density at radius 3 is 2.32 bits per heavy atom. The number of carbonyl (C=O) groups is 2. The van der Waals surface area contributed by atoms with Crippen LogP contribution in [0.1, 0.15) is 67.6 Å². The van der Waals surface area contributed by atoms with E-state index in [-0.39, 0.29) is 30.3 Å². The van der Waals surface area contributed by atoms with Crippen LogP contribution in [0.4, 0.5) is 0 Å². The van der Waals surface area contributed by atoms with Crippen molar-refractivity contribution < 1.29 is 9.59 Å². The average Bonchev–Trinajstić information content (AvgIpc) is 3.34. The summed E-state index contributed by atoms with van der Waals surface area (Å²) in [7, 11) is 0. The minimum atomic E-state index is -0.0920. The average molecular weight is 565 g/mol. The van der Waals surface area contributed by atoms with Crippen LogP contribution in [-0.4, -0.2) is 45.3 Å². The molecule has 4 rings (SSSR count). The van der Waals surface area contributed by atoms with E-state index in [1.807, 2.05) is 30.3 Å². The fourth-order valence-corrected chi connectivity index (χ4v) is 5.47. The van der Waals surface area contributed by atoms with Gasteiger partial charge in [0.05, 0.1) is 6.54 Å². The van der Waals surface area contributed by atoms with Gasteiger partial charge in [-0.25, -0.2) is 0 Å². The van der Waals surface area contributed by atoms with E-state index in [0.29, 0.717) is 18.7 Å². The molecule has 1 aliphatic rings. The predicted molar refractivity (Wildman–Crippen MR) is 152 cm³/mol. The second kappa shape index (κ2) is 13.1. The lowest BCUT2D eigenvalue weighted by Gasteiger charge is -2.36. The van der Waals surface area contributed by atoms with E-state index in [1.54, 1.807) is 4.90 Å². The fourth-order valence-electron chi connectivity index (χ4n) is 5.20. The zero-order chi connectivity index (χ0) is 26.2. The van der Waals surface area contributed by atoms with Crippen molar-refractivity contribution in [3.63, 3.8) is 0 Å². The van der Waals surface area contributed by atoms with E-state index in [4.69, 9.17) is 0 Å². The quantitative estimate of drug-likeness (QED) is 0.273. The Kier molecular flexibility index (Phi) is 9.62. The van der Waals surface area contributed by atoms with Crippen LogP contribution >= 0.6 is 15.9 Å². The second-order valence-corrected chi connectivity index (χ2v) is 11.4. The van der Waals surface area contributed by atoms with Crippen LogP contribution in [0.2, 0.25) is 0 Å². The molecule has 1 fully saturated rings. The van der Waals surface area contributed by atoms with Crippen molar-refractivity contribution >= 4 is 27.7 Å². The molecule has 2 amide bonds. The van der Waals surface area contributed by atoms with E-state index in [0.717, 1.165) is 42.4 Å².